The minimum Gasteiger partial charge on any atom is -0.493 e. The standard InChI is InChI=1S/C28H34FN5O5/c1-15-22(26(36)33-19-9-10-34(12-20(19)35)27(37)39-28(2,3)4)24-25(32-15)23(30-14-31-24)18-11-17(29)7-8-21(18)38-13-16-5-6-16/h7-8,11,14,16,19-20,32,35H,5-6,9-10,12-13H2,1-4H3,(H,33,36)/t19-,20-/m1/s1. The molecule has 2 atom stereocenters. The van der Waals surface area contributed by atoms with Gasteiger partial charge in [-0.25, -0.2) is 19.2 Å². The van der Waals surface area contributed by atoms with Gasteiger partial charge in [0.2, 0.25) is 0 Å². The third-order valence-electron chi connectivity index (χ3n) is 6.92. The number of aliphatic hydroxyl groups is 1. The lowest BCUT2D eigenvalue weighted by Gasteiger charge is -2.36. The fourth-order valence-electron chi connectivity index (χ4n) is 4.74. The number of aryl methyl sites for hydroxylation is 1. The van der Waals surface area contributed by atoms with E-state index in [0.29, 0.717) is 64.8 Å². The zero-order valence-corrected chi connectivity index (χ0v) is 22.6. The van der Waals surface area contributed by atoms with Gasteiger partial charge in [-0.1, -0.05) is 0 Å². The van der Waals surface area contributed by atoms with E-state index >= 15 is 0 Å². The van der Waals surface area contributed by atoms with Crippen LogP contribution in [-0.2, 0) is 4.74 Å². The summed E-state index contributed by atoms with van der Waals surface area (Å²) in [5.74, 6) is 0.190. The third kappa shape index (κ3) is 5.98. The van der Waals surface area contributed by atoms with Gasteiger partial charge >= 0.3 is 6.09 Å². The van der Waals surface area contributed by atoms with Gasteiger partial charge in [0.25, 0.3) is 5.91 Å². The van der Waals surface area contributed by atoms with E-state index in [2.05, 4.69) is 20.3 Å². The van der Waals surface area contributed by atoms with E-state index in [0.717, 1.165) is 12.8 Å². The van der Waals surface area contributed by atoms with E-state index < -0.39 is 35.6 Å². The number of aliphatic hydroxyl groups excluding tert-OH is 1. The molecule has 0 bridgehead atoms. The number of benzene rings is 1. The maximum absolute atomic E-state index is 14.3. The largest absolute Gasteiger partial charge is 0.493 e. The van der Waals surface area contributed by atoms with E-state index in [1.165, 1.54) is 23.4 Å². The molecule has 11 heteroatoms. The van der Waals surface area contributed by atoms with Crippen LogP contribution < -0.4 is 10.1 Å². The lowest BCUT2D eigenvalue weighted by molar-refractivity contribution is -0.00408. The van der Waals surface area contributed by atoms with Crippen molar-refractivity contribution < 1.29 is 28.6 Å². The molecule has 1 aliphatic carbocycles. The zero-order valence-electron chi connectivity index (χ0n) is 22.6. The van der Waals surface area contributed by atoms with Crippen LogP contribution in [0.4, 0.5) is 9.18 Å². The number of piperidine rings is 1. The summed E-state index contributed by atoms with van der Waals surface area (Å²) >= 11 is 0. The summed E-state index contributed by atoms with van der Waals surface area (Å²) in [5.41, 5.74) is 2.00. The number of aromatic nitrogens is 3. The number of amides is 2. The Bertz CT molecular complexity index is 1400. The molecular weight excluding hydrogens is 505 g/mol. The smallest absolute Gasteiger partial charge is 0.410 e. The quantitative estimate of drug-likeness (QED) is 0.432. The van der Waals surface area contributed by atoms with E-state index in [4.69, 9.17) is 9.47 Å². The Labute approximate surface area is 225 Å². The Morgan fingerprint density at radius 3 is 2.69 bits per heavy atom. The molecule has 3 N–H and O–H groups in total. The number of carbonyl (C=O) groups is 2. The number of hydrogen-bond acceptors (Lipinski definition) is 7. The molecule has 0 radical (unpaired) electrons. The van der Waals surface area contributed by atoms with Crippen molar-refractivity contribution in [2.24, 2.45) is 5.92 Å². The lowest BCUT2D eigenvalue weighted by Crippen LogP contribution is -2.56. The topological polar surface area (TPSA) is 130 Å². The molecule has 208 valence electrons. The van der Waals surface area contributed by atoms with Gasteiger partial charge < -0.3 is 29.8 Å². The van der Waals surface area contributed by atoms with Gasteiger partial charge in [0.05, 0.1) is 36.4 Å². The minimum atomic E-state index is -0.968. The van der Waals surface area contributed by atoms with Crippen molar-refractivity contribution in [1.29, 1.82) is 0 Å². The number of likely N-dealkylation sites (tertiary alicyclic amines) is 1. The summed E-state index contributed by atoms with van der Waals surface area (Å²) in [6, 6.07) is 3.75. The highest BCUT2D eigenvalue weighted by atomic mass is 19.1. The molecule has 2 aromatic heterocycles. The number of halogens is 1. The number of aromatic amines is 1. The summed E-state index contributed by atoms with van der Waals surface area (Å²) in [6.07, 6.45) is 2.48. The predicted octanol–water partition coefficient (Wildman–Crippen LogP) is 3.96. The van der Waals surface area contributed by atoms with Crippen molar-refractivity contribution in [3.63, 3.8) is 0 Å². The Morgan fingerprint density at radius 2 is 2.00 bits per heavy atom. The van der Waals surface area contributed by atoms with Crippen LogP contribution in [0.15, 0.2) is 24.5 Å². The monoisotopic (exact) mass is 539 g/mol. The first-order chi connectivity index (χ1) is 18.5. The lowest BCUT2D eigenvalue weighted by atomic mass is 10.0. The van der Waals surface area contributed by atoms with Crippen molar-refractivity contribution in [3.05, 3.63) is 41.6 Å². The summed E-state index contributed by atoms with van der Waals surface area (Å²) in [7, 11) is 0. The van der Waals surface area contributed by atoms with Gasteiger partial charge in [0.15, 0.2) is 0 Å². The van der Waals surface area contributed by atoms with Crippen molar-refractivity contribution in [2.45, 2.75) is 64.7 Å². The van der Waals surface area contributed by atoms with Gasteiger partial charge in [0.1, 0.15) is 34.7 Å². The van der Waals surface area contributed by atoms with Crippen LogP contribution in [0.25, 0.3) is 22.3 Å². The van der Waals surface area contributed by atoms with E-state index in [-0.39, 0.29) is 6.54 Å². The molecule has 1 saturated carbocycles. The maximum atomic E-state index is 14.3. The van der Waals surface area contributed by atoms with E-state index in [9.17, 15) is 19.1 Å². The molecule has 1 saturated heterocycles. The van der Waals surface area contributed by atoms with Gasteiger partial charge in [0, 0.05) is 17.8 Å². The number of nitrogens with one attached hydrogen (secondary N) is 2. The van der Waals surface area contributed by atoms with Crippen LogP contribution in [0.3, 0.4) is 0 Å². The van der Waals surface area contributed by atoms with Crippen LogP contribution in [-0.4, -0.2) is 74.4 Å². The molecule has 3 aromatic rings. The maximum Gasteiger partial charge on any atom is 0.410 e. The van der Waals surface area contributed by atoms with Crippen molar-refractivity contribution in [3.8, 4) is 17.0 Å². The molecule has 1 aliphatic heterocycles. The summed E-state index contributed by atoms with van der Waals surface area (Å²) in [6.45, 7) is 8.02. The Morgan fingerprint density at radius 1 is 1.23 bits per heavy atom. The summed E-state index contributed by atoms with van der Waals surface area (Å²) < 4.78 is 25.7. The van der Waals surface area contributed by atoms with Crippen molar-refractivity contribution in [1.82, 2.24) is 25.2 Å². The van der Waals surface area contributed by atoms with E-state index in [1.54, 1.807) is 33.8 Å². The van der Waals surface area contributed by atoms with Gasteiger partial charge in [-0.3, -0.25) is 4.79 Å². The number of H-pyrrole nitrogens is 1. The summed E-state index contributed by atoms with van der Waals surface area (Å²) in [5, 5.41) is 13.6. The first-order valence-electron chi connectivity index (χ1n) is 13.2. The molecule has 39 heavy (non-hydrogen) atoms. The fourth-order valence-corrected chi connectivity index (χ4v) is 4.74. The van der Waals surface area contributed by atoms with Crippen LogP contribution >= 0.6 is 0 Å². The normalized spacial score (nSPS) is 19.7. The Kier molecular flexibility index (Phi) is 7.19. The van der Waals surface area contributed by atoms with E-state index in [1.807, 2.05) is 0 Å². The number of nitrogens with zero attached hydrogens (tertiary/aromatic N) is 3. The first kappa shape index (κ1) is 26.9. The highest BCUT2D eigenvalue weighted by Crippen LogP contribution is 2.37. The second kappa shape index (κ2) is 10.4. The number of fused-ring (bicyclic) bond motifs is 1. The molecule has 10 nitrogen and oxygen atoms in total. The number of rotatable bonds is 6. The average molecular weight is 540 g/mol. The van der Waals surface area contributed by atoms with Crippen LogP contribution in [0.2, 0.25) is 0 Å². The van der Waals surface area contributed by atoms with Crippen LogP contribution in [0.1, 0.15) is 56.1 Å². The fraction of sp³-hybridized carbons (Fsp3) is 0.500. The molecule has 0 spiro atoms. The molecule has 2 aliphatic rings. The van der Waals surface area contributed by atoms with Crippen molar-refractivity contribution >= 4 is 23.0 Å². The molecule has 2 amide bonds. The Hall–Kier alpha value is -3.73. The first-order valence-corrected chi connectivity index (χ1v) is 13.2. The minimum absolute atomic E-state index is 0.0439. The highest BCUT2D eigenvalue weighted by molar-refractivity contribution is 6.09. The molecule has 5 rings (SSSR count). The number of hydrogen-bond donors (Lipinski definition) is 3. The molecule has 3 heterocycles. The van der Waals surface area contributed by atoms with Gasteiger partial charge in [-0.2, -0.15) is 0 Å². The molecular formula is C28H34FN5O5. The summed E-state index contributed by atoms with van der Waals surface area (Å²) in [4.78, 5) is 39.2. The number of ether oxygens (including phenoxy) is 2. The highest BCUT2D eigenvalue weighted by Gasteiger charge is 2.34. The molecule has 2 fully saturated rings. The van der Waals surface area contributed by atoms with Gasteiger partial charge in [-0.15, -0.1) is 0 Å². The average Bonchev–Trinajstić information content (AvgIpc) is 3.63. The second-order valence-corrected chi connectivity index (χ2v) is 11.3. The Balaban J connectivity index is 1.36. The van der Waals surface area contributed by atoms with Crippen LogP contribution in [0.5, 0.6) is 5.75 Å². The zero-order chi connectivity index (χ0) is 27.9. The van der Waals surface area contributed by atoms with Gasteiger partial charge in [-0.05, 0) is 71.1 Å². The molecule has 1 aromatic carbocycles. The second-order valence-electron chi connectivity index (χ2n) is 11.3. The van der Waals surface area contributed by atoms with Crippen LogP contribution in [0, 0.1) is 18.7 Å². The number of β-amino-alcohol motifs (C(OH)–C–C–N with tert-alkyl or cyclic N) is 1. The SMILES string of the molecule is Cc1[nH]c2c(-c3cc(F)ccc3OCC3CC3)ncnc2c1C(=O)N[C@@H]1CCN(C(=O)OC(C)(C)C)C[C@H]1O. The molecule has 0 unspecified atom stereocenters. The number of carbonyl (C=O) groups excluding carboxylic acids is 2. The third-order valence-corrected chi connectivity index (χ3v) is 6.92. The predicted molar refractivity (Wildman–Crippen MR) is 142 cm³/mol. The van der Waals surface area contributed by atoms with Crippen molar-refractivity contribution in [2.75, 3.05) is 19.7 Å².